The van der Waals surface area contributed by atoms with Crippen LogP contribution in [0.3, 0.4) is 0 Å². The van der Waals surface area contributed by atoms with Crippen LogP contribution in [0.25, 0.3) is 0 Å². The average Bonchev–Trinajstić information content (AvgIpc) is 2.54. The van der Waals surface area contributed by atoms with E-state index in [1.165, 1.54) is 4.31 Å². The molecule has 1 fully saturated rings. The van der Waals surface area contributed by atoms with Gasteiger partial charge in [0.1, 0.15) is 0 Å². The van der Waals surface area contributed by atoms with E-state index in [4.69, 9.17) is 0 Å². The largest absolute Gasteiger partial charge is 0.215 e. The molecule has 0 radical (unpaired) electrons. The van der Waals surface area contributed by atoms with E-state index < -0.39 is 20.0 Å². The minimum Gasteiger partial charge on any atom is -0.215 e. The Balaban J connectivity index is 1.89. The molecular weight excluding hydrogens is 348 g/mol. The van der Waals surface area contributed by atoms with Crippen LogP contribution in [0.15, 0.2) is 30.3 Å². The van der Waals surface area contributed by atoms with Gasteiger partial charge in [-0.1, -0.05) is 37.3 Å². The third kappa shape index (κ3) is 5.84. The van der Waals surface area contributed by atoms with E-state index in [2.05, 4.69) is 4.72 Å². The second-order valence-electron chi connectivity index (χ2n) is 6.28. The molecule has 1 aromatic rings. The molecule has 2 rings (SSSR count). The lowest BCUT2D eigenvalue weighted by Gasteiger charge is -2.32. The first-order chi connectivity index (χ1) is 11.3. The third-order valence-electron chi connectivity index (χ3n) is 4.13. The summed E-state index contributed by atoms with van der Waals surface area (Å²) in [5.74, 6) is 0.119. The van der Waals surface area contributed by atoms with Gasteiger partial charge in [-0.25, -0.2) is 25.9 Å². The minimum absolute atomic E-state index is 0.0240. The van der Waals surface area contributed by atoms with Gasteiger partial charge in [-0.05, 0) is 30.7 Å². The second-order valence-corrected chi connectivity index (χ2v) is 10.2. The van der Waals surface area contributed by atoms with E-state index in [-0.39, 0.29) is 24.0 Å². The monoisotopic (exact) mass is 374 g/mol. The average molecular weight is 375 g/mol. The third-order valence-corrected chi connectivity index (χ3v) is 7.49. The van der Waals surface area contributed by atoms with E-state index in [0.717, 1.165) is 18.4 Å². The molecule has 1 aromatic carbocycles. The molecule has 8 heteroatoms. The van der Waals surface area contributed by atoms with Gasteiger partial charge in [0.15, 0.2) is 0 Å². The van der Waals surface area contributed by atoms with Crippen molar-refractivity contribution in [3.05, 3.63) is 35.9 Å². The van der Waals surface area contributed by atoms with E-state index in [9.17, 15) is 16.8 Å². The summed E-state index contributed by atoms with van der Waals surface area (Å²) in [6, 6.07) is 9.01. The molecule has 0 amide bonds. The van der Waals surface area contributed by atoms with Crippen molar-refractivity contribution in [2.24, 2.45) is 5.92 Å². The SMILES string of the molecule is CCCS(=O)(=O)N1CCC[C@H](CNS(=O)(=O)Cc2ccccc2)C1. The van der Waals surface area contributed by atoms with Crippen molar-refractivity contribution in [1.82, 2.24) is 9.03 Å². The molecular formula is C16H26N2O4S2. The van der Waals surface area contributed by atoms with Crippen LogP contribution >= 0.6 is 0 Å². The van der Waals surface area contributed by atoms with Crippen LogP contribution in [0.1, 0.15) is 31.7 Å². The highest BCUT2D eigenvalue weighted by Gasteiger charge is 2.28. The highest BCUT2D eigenvalue weighted by atomic mass is 32.2. The minimum atomic E-state index is -3.42. The molecule has 136 valence electrons. The molecule has 1 aliphatic rings. The number of nitrogens with zero attached hydrogens (tertiary/aromatic N) is 1. The Morgan fingerprint density at radius 3 is 2.54 bits per heavy atom. The maximum absolute atomic E-state index is 12.2. The number of piperidine rings is 1. The van der Waals surface area contributed by atoms with Gasteiger partial charge in [0, 0.05) is 19.6 Å². The summed E-state index contributed by atoms with van der Waals surface area (Å²) in [7, 11) is -6.63. The van der Waals surface area contributed by atoms with Crippen LogP contribution in [0.5, 0.6) is 0 Å². The molecule has 1 heterocycles. The van der Waals surface area contributed by atoms with Gasteiger partial charge in [-0.3, -0.25) is 0 Å². The van der Waals surface area contributed by atoms with E-state index in [0.29, 0.717) is 19.5 Å². The highest BCUT2D eigenvalue weighted by molar-refractivity contribution is 7.89. The topological polar surface area (TPSA) is 83.6 Å². The number of hydrogen-bond acceptors (Lipinski definition) is 4. The molecule has 0 bridgehead atoms. The van der Waals surface area contributed by atoms with Crippen molar-refractivity contribution in [3.63, 3.8) is 0 Å². The van der Waals surface area contributed by atoms with Crippen LogP contribution in [-0.2, 0) is 25.8 Å². The predicted molar refractivity (Wildman–Crippen MR) is 95.4 cm³/mol. The smallest absolute Gasteiger partial charge is 0.215 e. The lowest BCUT2D eigenvalue weighted by Crippen LogP contribution is -2.44. The van der Waals surface area contributed by atoms with Crippen molar-refractivity contribution >= 4 is 20.0 Å². The number of nitrogens with one attached hydrogen (secondary N) is 1. The van der Waals surface area contributed by atoms with Crippen molar-refractivity contribution in [2.45, 2.75) is 31.9 Å². The molecule has 0 aromatic heterocycles. The lowest BCUT2D eigenvalue weighted by molar-refractivity contribution is 0.267. The fraction of sp³-hybridized carbons (Fsp3) is 0.625. The van der Waals surface area contributed by atoms with Crippen molar-refractivity contribution < 1.29 is 16.8 Å². The van der Waals surface area contributed by atoms with Crippen molar-refractivity contribution in [3.8, 4) is 0 Å². The quantitative estimate of drug-likeness (QED) is 0.748. The first kappa shape index (κ1) is 19.4. The molecule has 24 heavy (non-hydrogen) atoms. The number of hydrogen-bond donors (Lipinski definition) is 1. The van der Waals surface area contributed by atoms with Crippen LogP contribution in [0.2, 0.25) is 0 Å². The van der Waals surface area contributed by atoms with Gasteiger partial charge in [0.2, 0.25) is 20.0 Å². The van der Waals surface area contributed by atoms with Crippen LogP contribution in [0.4, 0.5) is 0 Å². The first-order valence-electron chi connectivity index (χ1n) is 8.31. The van der Waals surface area contributed by atoms with Crippen LogP contribution in [-0.4, -0.2) is 46.5 Å². The van der Waals surface area contributed by atoms with E-state index >= 15 is 0 Å². The van der Waals surface area contributed by atoms with Crippen LogP contribution in [0, 0.1) is 5.92 Å². The molecule has 1 N–H and O–H groups in total. The summed E-state index contributed by atoms with van der Waals surface area (Å²) in [6.45, 7) is 3.07. The molecule has 0 spiro atoms. The zero-order valence-electron chi connectivity index (χ0n) is 14.0. The second kappa shape index (κ2) is 8.42. The number of sulfonamides is 2. The predicted octanol–water partition coefficient (Wildman–Crippen LogP) is 1.56. The summed E-state index contributed by atoms with van der Waals surface area (Å²) >= 11 is 0. The van der Waals surface area contributed by atoms with Gasteiger partial charge in [0.05, 0.1) is 11.5 Å². The van der Waals surface area contributed by atoms with Gasteiger partial charge in [0.25, 0.3) is 0 Å². The maximum Gasteiger partial charge on any atom is 0.215 e. The molecule has 0 aliphatic carbocycles. The zero-order chi connectivity index (χ0) is 17.6. The normalized spacial score (nSPS) is 20.1. The Labute approximate surface area is 145 Å². The molecule has 1 saturated heterocycles. The Bertz CT molecular complexity index is 718. The van der Waals surface area contributed by atoms with Crippen LogP contribution < -0.4 is 4.72 Å². The highest BCUT2D eigenvalue weighted by Crippen LogP contribution is 2.19. The molecule has 0 unspecified atom stereocenters. The Hall–Kier alpha value is -0.960. The number of benzene rings is 1. The summed E-state index contributed by atoms with van der Waals surface area (Å²) in [5, 5.41) is 0. The van der Waals surface area contributed by atoms with Crippen molar-refractivity contribution in [1.29, 1.82) is 0 Å². The van der Waals surface area contributed by atoms with Gasteiger partial charge in [-0.15, -0.1) is 0 Å². The fourth-order valence-corrected chi connectivity index (χ4v) is 5.76. The summed E-state index contributed by atoms with van der Waals surface area (Å²) in [6.07, 6.45) is 2.20. The molecule has 1 atom stereocenters. The Kier molecular flexibility index (Phi) is 6.79. The summed E-state index contributed by atoms with van der Waals surface area (Å²) < 4.78 is 52.8. The van der Waals surface area contributed by atoms with Gasteiger partial charge >= 0.3 is 0 Å². The Morgan fingerprint density at radius 2 is 1.88 bits per heavy atom. The number of rotatable bonds is 8. The summed E-state index contributed by atoms with van der Waals surface area (Å²) in [4.78, 5) is 0. The van der Waals surface area contributed by atoms with Crippen molar-refractivity contribution in [2.75, 3.05) is 25.4 Å². The van der Waals surface area contributed by atoms with Gasteiger partial charge < -0.3 is 0 Å². The van der Waals surface area contributed by atoms with Gasteiger partial charge in [-0.2, -0.15) is 0 Å². The fourth-order valence-electron chi connectivity index (χ4n) is 2.92. The molecule has 1 aliphatic heterocycles. The first-order valence-corrected chi connectivity index (χ1v) is 11.6. The van der Waals surface area contributed by atoms with E-state index in [1.807, 2.05) is 25.1 Å². The Morgan fingerprint density at radius 1 is 1.17 bits per heavy atom. The zero-order valence-corrected chi connectivity index (χ0v) is 15.7. The molecule has 0 saturated carbocycles. The van der Waals surface area contributed by atoms with E-state index in [1.54, 1.807) is 12.1 Å². The standard InChI is InChI=1S/C16H26N2O4S2/c1-2-11-24(21,22)18-10-6-9-16(13-18)12-17-23(19,20)14-15-7-4-3-5-8-15/h3-5,7-8,16-17H,2,6,9-14H2,1H3/t16-/m1/s1. The lowest BCUT2D eigenvalue weighted by atomic mass is 10.0. The summed E-state index contributed by atoms with van der Waals surface area (Å²) in [5.41, 5.74) is 0.737. The molecule has 6 nitrogen and oxygen atoms in total. The maximum atomic E-state index is 12.2.